The molecule has 17 heteroatoms. The van der Waals surface area contributed by atoms with E-state index in [9.17, 15) is 65.1 Å². The molecule has 0 unspecified atom stereocenters. The van der Waals surface area contributed by atoms with Gasteiger partial charge in [-0.1, -0.05) is 0 Å². The van der Waals surface area contributed by atoms with Crippen LogP contribution < -0.4 is 0 Å². The first-order valence-electron chi connectivity index (χ1n) is 5.14. The lowest BCUT2D eigenvalue weighted by Gasteiger charge is -2.40. The lowest BCUT2D eigenvalue weighted by atomic mass is 10.2. The van der Waals surface area contributed by atoms with Crippen LogP contribution in [0.25, 0.3) is 0 Å². The maximum absolute atomic E-state index is 13.1. The Bertz CT molecular complexity index is 685. The Balaban J connectivity index is 3.74. The van der Waals surface area contributed by atoms with Crippen LogP contribution in [-0.4, -0.2) is 49.9 Å². The third-order valence-electron chi connectivity index (χ3n) is 2.98. The molecule has 24 heavy (non-hydrogen) atoms. The van der Waals surface area contributed by atoms with Crippen LogP contribution in [0.2, 0.25) is 0 Å². The van der Waals surface area contributed by atoms with Crippen molar-refractivity contribution in [3.8, 4) is 0 Å². The van der Waals surface area contributed by atoms with Gasteiger partial charge in [-0.3, -0.25) is 0 Å². The van der Waals surface area contributed by atoms with Crippen LogP contribution in [0.4, 0.5) is 48.3 Å². The highest BCUT2D eigenvalue weighted by Crippen LogP contribution is 2.59. The zero-order valence-corrected chi connectivity index (χ0v) is 12.0. The van der Waals surface area contributed by atoms with E-state index in [0.717, 1.165) is 0 Å². The van der Waals surface area contributed by atoms with Gasteiger partial charge < -0.3 is 0 Å². The second-order valence-electron chi connectivity index (χ2n) is 4.53. The predicted octanol–water partition coefficient (Wildman–Crippen LogP) is 2.56. The van der Waals surface area contributed by atoms with E-state index in [2.05, 4.69) is 0 Å². The number of hydrogen-bond donors (Lipinski definition) is 0. The molecule has 0 aromatic carbocycles. The van der Waals surface area contributed by atoms with Gasteiger partial charge in [-0.05, 0) is 0 Å². The second kappa shape index (κ2) is 4.85. The maximum atomic E-state index is 13.1. The van der Waals surface area contributed by atoms with E-state index in [1.807, 2.05) is 0 Å². The molecule has 0 spiro atoms. The summed E-state index contributed by atoms with van der Waals surface area (Å²) in [6, 6.07) is 0. The van der Waals surface area contributed by atoms with Crippen molar-refractivity contribution < 1.29 is 65.1 Å². The van der Waals surface area contributed by atoms with Gasteiger partial charge in [0.2, 0.25) is 19.7 Å². The highest BCUT2D eigenvalue weighted by molar-refractivity contribution is 8.10. The van der Waals surface area contributed by atoms with Crippen LogP contribution in [0.1, 0.15) is 6.42 Å². The monoisotopic (exact) mass is 424 g/mol. The summed E-state index contributed by atoms with van der Waals surface area (Å²) >= 11 is 0. The maximum Gasteiger partial charge on any atom is 0.453 e. The van der Waals surface area contributed by atoms with Gasteiger partial charge in [0.1, 0.15) is 0 Å². The number of sulfone groups is 2. The van der Waals surface area contributed by atoms with E-state index in [1.165, 1.54) is 0 Å². The highest BCUT2D eigenvalue weighted by atomic mass is 32.3. The molecule has 144 valence electrons. The summed E-state index contributed by atoms with van der Waals surface area (Å²) in [5.74, 6) is -13.4. The molecule has 0 bridgehead atoms. The minimum Gasteiger partial charge on any atom is -0.221 e. The molecule has 1 aliphatic heterocycles. The molecule has 0 aliphatic carbocycles. The van der Waals surface area contributed by atoms with Crippen LogP contribution in [0.15, 0.2) is 0 Å². The molecule has 1 rings (SSSR count). The van der Waals surface area contributed by atoms with Crippen molar-refractivity contribution in [1.29, 1.82) is 0 Å². The van der Waals surface area contributed by atoms with Crippen LogP contribution in [0, 0.1) is 0 Å². The number of hydrogen-bond acceptors (Lipinski definition) is 4. The number of rotatable bonds is 2. The fraction of sp³-hybridized carbons (Fsp3) is 1.00. The van der Waals surface area contributed by atoms with Gasteiger partial charge >= 0.3 is 28.5 Å². The van der Waals surface area contributed by atoms with Crippen molar-refractivity contribution in [1.82, 2.24) is 0 Å². The number of alkyl halides is 11. The van der Waals surface area contributed by atoms with Crippen molar-refractivity contribution in [2.75, 3.05) is 0 Å². The Morgan fingerprint density at radius 2 is 1.00 bits per heavy atom. The fourth-order valence-corrected chi connectivity index (χ4v) is 6.18. The first kappa shape index (κ1) is 21.2. The summed E-state index contributed by atoms with van der Waals surface area (Å²) < 4.78 is 179. The lowest BCUT2D eigenvalue weighted by Crippen LogP contribution is -2.70. The number of halogens is 11. The Labute approximate surface area is 125 Å². The van der Waals surface area contributed by atoms with E-state index in [4.69, 9.17) is 0 Å². The largest absolute Gasteiger partial charge is 0.453 e. The van der Waals surface area contributed by atoms with Gasteiger partial charge in [0.25, 0.3) is 0 Å². The minimum atomic E-state index is -7.41. The average Bonchev–Trinajstić information content (AvgIpc) is 2.32. The third kappa shape index (κ3) is 2.29. The van der Waals surface area contributed by atoms with Gasteiger partial charge in [-0.15, -0.1) is 0 Å². The summed E-state index contributed by atoms with van der Waals surface area (Å²) in [5.41, 5.74) is 0. The van der Waals surface area contributed by atoms with Crippen molar-refractivity contribution in [3.05, 3.63) is 0 Å². The summed E-state index contributed by atoms with van der Waals surface area (Å²) in [4.78, 5) is 0. The first-order valence-corrected chi connectivity index (χ1v) is 8.23. The molecule has 1 saturated heterocycles. The van der Waals surface area contributed by atoms with Crippen molar-refractivity contribution in [2.24, 2.45) is 0 Å². The topological polar surface area (TPSA) is 68.3 Å². The molecule has 0 N–H and O–H groups in total. The van der Waals surface area contributed by atoms with E-state index in [1.54, 1.807) is 0 Å². The molecule has 1 heterocycles. The second-order valence-corrected chi connectivity index (χ2v) is 9.18. The molecule has 1 fully saturated rings. The molecule has 0 aromatic heterocycles. The third-order valence-corrected chi connectivity index (χ3v) is 8.16. The summed E-state index contributed by atoms with van der Waals surface area (Å²) in [6.07, 6.45) is -10.4. The molecule has 0 saturated carbocycles. The molecule has 0 atom stereocenters. The van der Waals surface area contributed by atoms with Crippen LogP contribution >= 0.6 is 0 Å². The molecule has 0 radical (unpaired) electrons. The molecule has 4 nitrogen and oxygen atoms in total. The highest BCUT2D eigenvalue weighted by Gasteiger charge is 2.89. The van der Waals surface area contributed by atoms with Crippen LogP contribution in [-0.2, 0) is 19.7 Å². The zero-order valence-electron chi connectivity index (χ0n) is 10.4. The first-order chi connectivity index (χ1) is 10.1. The minimum absolute atomic E-state index is 3.64. The SMILES string of the molecule is O=S1(=O)C(CC(F)(F)C(F)(F)F)S(=O)(=O)C(F)(F)C(F)(F)C1(F)F. The molecular weight excluding hydrogens is 421 g/mol. The summed E-state index contributed by atoms with van der Waals surface area (Å²) in [7, 11) is -14.8. The van der Waals surface area contributed by atoms with Crippen molar-refractivity contribution >= 4 is 19.7 Å². The Hall–Kier alpha value is -0.870. The standard InChI is InChI=1S/C7H3F11O4S2/c8-3(9,5(12,13)14)1-2-23(19,20)6(15,16)4(10,11)7(17,18)24(2,21)22/h2H,1H2. The van der Waals surface area contributed by atoms with Crippen molar-refractivity contribution in [3.63, 3.8) is 0 Å². The van der Waals surface area contributed by atoms with Gasteiger partial charge in [0.05, 0.1) is 6.42 Å². The van der Waals surface area contributed by atoms with Gasteiger partial charge in [-0.25, -0.2) is 16.8 Å². The van der Waals surface area contributed by atoms with Gasteiger partial charge in [-0.2, -0.15) is 48.3 Å². The lowest BCUT2D eigenvalue weighted by molar-refractivity contribution is -0.284. The van der Waals surface area contributed by atoms with E-state index < -0.39 is 59.2 Å². The van der Waals surface area contributed by atoms with E-state index in [0.29, 0.717) is 0 Å². The molecular formula is C7H3F11O4S2. The summed E-state index contributed by atoms with van der Waals surface area (Å²) in [5, 5.41) is -13.8. The summed E-state index contributed by atoms with van der Waals surface area (Å²) in [6.45, 7) is 0. The quantitative estimate of drug-likeness (QED) is 0.640. The Morgan fingerprint density at radius 3 is 1.25 bits per heavy atom. The van der Waals surface area contributed by atoms with E-state index in [-0.39, 0.29) is 0 Å². The zero-order chi connectivity index (χ0) is 19.8. The van der Waals surface area contributed by atoms with Crippen molar-refractivity contribution in [2.45, 2.75) is 39.5 Å². The molecule has 0 aromatic rings. The molecule has 1 aliphatic rings. The normalized spacial score (nSPS) is 28.5. The Morgan fingerprint density at radius 1 is 0.708 bits per heavy atom. The average molecular weight is 424 g/mol. The van der Waals surface area contributed by atoms with Crippen LogP contribution in [0.5, 0.6) is 0 Å². The fourth-order valence-electron chi connectivity index (χ4n) is 1.57. The van der Waals surface area contributed by atoms with Gasteiger partial charge in [0.15, 0.2) is 4.58 Å². The Kier molecular flexibility index (Phi) is 4.28. The van der Waals surface area contributed by atoms with E-state index >= 15 is 0 Å². The van der Waals surface area contributed by atoms with Crippen LogP contribution in [0.3, 0.4) is 0 Å². The van der Waals surface area contributed by atoms with Gasteiger partial charge in [0, 0.05) is 0 Å². The predicted molar refractivity (Wildman–Crippen MR) is 52.1 cm³/mol. The molecule has 0 amide bonds. The smallest absolute Gasteiger partial charge is 0.221 e.